The zero-order valence-electron chi connectivity index (χ0n) is 23.0. The van der Waals surface area contributed by atoms with E-state index >= 15 is 0 Å². The average Bonchev–Trinajstić information content (AvgIpc) is 3.66. The van der Waals surface area contributed by atoms with Crippen molar-refractivity contribution in [3.8, 4) is 28.5 Å². The van der Waals surface area contributed by atoms with Crippen LogP contribution in [0.2, 0.25) is 0 Å². The standard InChI is InChI=1S/C29H31N7O6/c1-2-40-29-30-25-12-8-11-24(28(37)41-17-6-3-7-18-42-36(38)39)26(25)35(29)19-20-13-15-21(16-14-20)22-9-4-5-10-23(22)27-31-33-34-32-27/h4-5,8-16,38-39H,2-3,6-7,17-19H2,1H3,(H,31,32,33,34). The highest BCUT2D eigenvalue weighted by atomic mass is 17.1. The predicted molar refractivity (Wildman–Crippen MR) is 151 cm³/mol. The van der Waals surface area contributed by atoms with Gasteiger partial charge in [0.05, 0.1) is 48.4 Å². The maximum atomic E-state index is 13.1. The van der Waals surface area contributed by atoms with Crippen molar-refractivity contribution >= 4 is 17.0 Å². The number of aromatic amines is 1. The molecule has 0 aliphatic carbocycles. The van der Waals surface area contributed by atoms with Gasteiger partial charge in [-0.1, -0.05) is 54.6 Å². The number of nitrogens with one attached hydrogen (secondary N) is 1. The van der Waals surface area contributed by atoms with Crippen molar-refractivity contribution in [3.05, 3.63) is 77.9 Å². The molecule has 42 heavy (non-hydrogen) atoms. The van der Waals surface area contributed by atoms with E-state index in [-0.39, 0.29) is 18.6 Å². The Kier molecular flexibility index (Phi) is 9.46. The molecule has 0 saturated carbocycles. The second-order valence-corrected chi connectivity index (χ2v) is 9.35. The van der Waals surface area contributed by atoms with Gasteiger partial charge in [-0.3, -0.25) is 19.8 Å². The molecule has 13 nitrogen and oxygen atoms in total. The lowest BCUT2D eigenvalue weighted by molar-refractivity contribution is -0.492. The van der Waals surface area contributed by atoms with Crippen LogP contribution in [0.15, 0.2) is 66.7 Å². The number of ether oxygens (including phenoxy) is 2. The van der Waals surface area contributed by atoms with Crippen molar-refractivity contribution in [1.82, 2.24) is 35.6 Å². The molecule has 0 fully saturated rings. The van der Waals surface area contributed by atoms with Gasteiger partial charge in [0.25, 0.3) is 6.01 Å². The Balaban J connectivity index is 1.35. The third kappa shape index (κ3) is 6.78. The van der Waals surface area contributed by atoms with Gasteiger partial charge in [-0.15, -0.1) is 10.2 Å². The van der Waals surface area contributed by atoms with E-state index in [1.165, 1.54) is 0 Å². The van der Waals surface area contributed by atoms with Gasteiger partial charge >= 0.3 is 5.97 Å². The molecule has 13 heteroatoms. The van der Waals surface area contributed by atoms with Crippen molar-refractivity contribution in [1.29, 1.82) is 0 Å². The summed E-state index contributed by atoms with van der Waals surface area (Å²) in [5.41, 5.74) is 5.51. The Morgan fingerprint density at radius 2 is 1.74 bits per heavy atom. The highest BCUT2D eigenvalue weighted by Crippen LogP contribution is 2.31. The van der Waals surface area contributed by atoms with Crippen LogP contribution in [0.4, 0.5) is 0 Å². The molecule has 0 aliphatic heterocycles. The van der Waals surface area contributed by atoms with Crippen LogP contribution < -0.4 is 4.74 Å². The first-order valence-corrected chi connectivity index (χ1v) is 13.6. The lowest BCUT2D eigenvalue weighted by atomic mass is 9.98. The first-order valence-electron chi connectivity index (χ1n) is 13.6. The molecule has 0 bridgehead atoms. The van der Waals surface area contributed by atoms with Gasteiger partial charge in [-0.2, -0.15) is 10.2 Å². The van der Waals surface area contributed by atoms with Crippen molar-refractivity contribution < 1.29 is 29.5 Å². The van der Waals surface area contributed by atoms with Crippen LogP contribution in [0.25, 0.3) is 33.5 Å². The monoisotopic (exact) mass is 573 g/mol. The van der Waals surface area contributed by atoms with Gasteiger partial charge in [-0.25, -0.2) is 4.79 Å². The first-order chi connectivity index (χ1) is 20.5. The number of esters is 1. The van der Waals surface area contributed by atoms with E-state index in [4.69, 9.17) is 19.9 Å². The number of imidazole rings is 1. The molecule has 0 radical (unpaired) electrons. The molecule has 2 aromatic heterocycles. The molecular formula is C29H31N7O6. The quantitative estimate of drug-likeness (QED) is 0.0962. The minimum Gasteiger partial charge on any atom is -0.465 e. The van der Waals surface area contributed by atoms with Crippen molar-refractivity contribution in [2.75, 3.05) is 19.8 Å². The molecular weight excluding hydrogens is 542 g/mol. The van der Waals surface area contributed by atoms with Crippen LogP contribution in [-0.2, 0) is 16.1 Å². The van der Waals surface area contributed by atoms with E-state index in [0.717, 1.165) is 22.3 Å². The number of hydrogen-bond acceptors (Lipinski definition) is 11. The Morgan fingerprint density at radius 1 is 0.952 bits per heavy atom. The summed E-state index contributed by atoms with van der Waals surface area (Å²) in [6.07, 6.45) is 1.87. The number of para-hydroxylation sites is 1. The third-order valence-electron chi connectivity index (χ3n) is 6.57. The highest BCUT2D eigenvalue weighted by Gasteiger charge is 2.20. The molecule has 218 valence electrons. The fraction of sp³-hybridized carbons (Fsp3) is 0.276. The summed E-state index contributed by atoms with van der Waals surface area (Å²) in [6, 6.07) is 21.8. The maximum Gasteiger partial charge on any atom is 0.340 e. The number of rotatable bonds is 14. The highest BCUT2D eigenvalue weighted by molar-refractivity contribution is 6.02. The van der Waals surface area contributed by atoms with Gasteiger partial charge in [0.15, 0.2) is 0 Å². The summed E-state index contributed by atoms with van der Waals surface area (Å²) in [6.45, 7) is 3.10. The van der Waals surface area contributed by atoms with Crippen LogP contribution in [0.1, 0.15) is 42.1 Å². The normalized spacial score (nSPS) is 11.3. The number of carbonyl (C=O) groups is 1. The lowest BCUT2D eigenvalue weighted by Crippen LogP contribution is -2.15. The Bertz CT molecular complexity index is 1600. The van der Waals surface area contributed by atoms with E-state index in [1.807, 2.05) is 66.1 Å². The van der Waals surface area contributed by atoms with Crippen molar-refractivity contribution in [2.45, 2.75) is 32.7 Å². The SMILES string of the molecule is CCOc1nc2cccc(C(=O)OCCCCCON(O)O)c2n1Cc1ccc(-c2ccccc2-c2nn[nH]n2)cc1. The van der Waals surface area contributed by atoms with Gasteiger partial charge in [-0.05, 0) is 60.2 Å². The zero-order chi connectivity index (χ0) is 29.3. The molecule has 0 unspecified atom stereocenters. The molecule has 0 amide bonds. The number of aromatic nitrogens is 6. The minimum absolute atomic E-state index is 0.145. The largest absolute Gasteiger partial charge is 0.465 e. The zero-order valence-corrected chi connectivity index (χ0v) is 23.0. The lowest BCUT2D eigenvalue weighted by Gasteiger charge is -2.13. The maximum absolute atomic E-state index is 13.1. The first kappa shape index (κ1) is 28.8. The summed E-state index contributed by atoms with van der Waals surface area (Å²) in [5.74, 6) is 0.0699. The summed E-state index contributed by atoms with van der Waals surface area (Å²) in [4.78, 5) is 22.3. The van der Waals surface area contributed by atoms with Gasteiger partial charge in [0, 0.05) is 5.56 Å². The summed E-state index contributed by atoms with van der Waals surface area (Å²) in [5, 5.41) is 31.3. The number of unbranched alkanes of at least 4 members (excludes halogenated alkanes) is 2. The topological polar surface area (TPSA) is 161 Å². The summed E-state index contributed by atoms with van der Waals surface area (Å²) < 4.78 is 13.3. The number of benzene rings is 3. The minimum atomic E-state index is -0.452. The van der Waals surface area contributed by atoms with Crippen LogP contribution >= 0.6 is 0 Å². The molecule has 5 aromatic rings. The van der Waals surface area contributed by atoms with Crippen molar-refractivity contribution in [3.63, 3.8) is 0 Å². The van der Waals surface area contributed by atoms with E-state index in [1.54, 1.807) is 12.1 Å². The molecule has 5 rings (SSSR count). The van der Waals surface area contributed by atoms with Crippen LogP contribution in [0.5, 0.6) is 6.01 Å². The summed E-state index contributed by atoms with van der Waals surface area (Å²) >= 11 is 0. The van der Waals surface area contributed by atoms with E-state index < -0.39 is 5.97 Å². The molecule has 3 aromatic carbocycles. The van der Waals surface area contributed by atoms with E-state index in [9.17, 15) is 4.79 Å². The number of hydrogen-bond donors (Lipinski definition) is 3. The second-order valence-electron chi connectivity index (χ2n) is 9.35. The number of H-pyrrole nitrogens is 1. The Morgan fingerprint density at radius 3 is 2.48 bits per heavy atom. The van der Waals surface area contributed by atoms with Crippen LogP contribution in [0.3, 0.4) is 0 Å². The van der Waals surface area contributed by atoms with Gasteiger partial charge in [0.2, 0.25) is 5.82 Å². The molecule has 0 saturated heterocycles. The fourth-order valence-electron chi connectivity index (χ4n) is 4.66. The average molecular weight is 574 g/mol. The van der Waals surface area contributed by atoms with E-state index in [0.29, 0.717) is 60.8 Å². The van der Waals surface area contributed by atoms with Crippen LogP contribution in [0, 0.1) is 0 Å². The molecule has 2 heterocycles. The second kappa shape index (κ2) is 13.8. The molecule has 0 atom stereocenters. The number of fused-ring (bicyclic) bond motifs is 1. The molecule has 3 N–H and O–H groups in total. The van der Waals surface area contributed by atoms with Crippen molar-refractivity contribution in [2.24, 2.45) is 0 Å². The Hall–Kier alpha value is -4.69. The number of carbonyl (C=O) groups excluding carboxylic acids is 1. The molecule has 0 spiro atoms. The fourth-order valence-corrected chi connectivity index (χ4v) is 4.66. The number of tetrazole rings is 1. The summed E-state index contributed by atoms with van der Waals surface area (Å²) in [7, 11) is 0. The smallest absolute Gasteiger partial charge is 0.340 e. The van der Waals surface area contributed by atoms with E-state index in [2.05, 4.69) is 30.4 Å². The van der Waals surface area contributed by atoms with Crippen LogP contribution in [-0.4, -0.2) is 71.8 Å². The number of nitrogens with zero attached hydrogens (tertiary/aromatic N) is 6. The predicted octanol–water partition coefficient (Wildman–Crippen LogP) is 4.67. The Labute approximate surface area is 241 Å². The van der Waals surface area contributed by atoms with Gasteiger partial charge < -0.3 is 9.47 Å². The van der Waals surface area contributed by atoms with Gasteiger partial charge in [0.1, 0.15) is 0 Å². The third-order valence-corrected chi connectivity index (χ3v) is 6.57. The molecule has 0 aliphatic rings.